The summed E-state index contributed by atoms with van der Waals surface area (Å²) in [5.41, 5.74) is 0.0196. The zero-order valence-electron chi connectivity index (χ0n) is 7.49. The molecule has 13 heavy (non-hydrogen) atoms. The van der Waals surface area contributed by atoms with Crippen molar-refractivity contribution in [2.45, 2.75) is 12.0 Å². The summed E-state index contributed by atoms with van der Waals surface area (Å²) in [4.78, 5) is 10.4. The Kier molecular flexibility index (Phi) is 2.95. The van der Waals surface area contributed by atoms with Crippen molar-refractivity contribution in [2.24, 2.45) is 0 Å². The van der Waals surface area contributed by atoms with Crippen LogP contribution in [0.25, 0.3) is 0 Å². The van der Waals surface area contributed by atoms with Gasteiger partial charge in [-0.05, 0) is 6.08 Å². The average Bonchev–Trinajstić information content (AvgIpc) is 2.19. The Morgan fingerprint density at radius 2 is 2.15 bits per heavy atom. The first-order valence-electron chi connectivity index (χ1n) is 3.79. The number of halogens is 1. The molecule has 0 heterocycles. The maximum Gasteiger partial charge on any atom is 0.224 e. The molecule has 0 spiro atoms. The monoisotopic (exact) mass is 186 g/mol. The van der Waals surface area contributed by atoms with Gasteiger partial charge in [0.1, 0.15) is 6.29 Å². The van der Waals surface area contributed by atoms with Crippen LogP contribution in [0.2, 0.25) is 0 Å². The van der Waals surface area contributed by atoms with Crippen LogP contribution in [0.15, 0.2) is 23.8 Å². The molecule has 0 radical (unpaired) electrons. The predicted molar refractivity (Wildman–Crippen MR) is 44.9 cm³/mol. The average molecular weight is 186 g/mol. The van der Waals surface area contributed by atoms with Crippen molar-refractivity contribution in [1.82, 2.24) is 0 Å². The van der Waals surface area contributed by atoms with Crippen LogP contribution in [0.3, 0.4) is 0 Å². The molecule has 4 heteroatoms. The number of carbonyl (C=O) groups excluding carboxylic acids is 1. The SMILES string of the molecule is COC1(OC)C=CC=C(C=O)C1F. The normalized spacial score (nSPS) is 25.5. The third-order valence-electron chi connectivity index (χ3n) is 2.04. The second-order valence-electron chi connectivity index (χ2n) is 2.64. The molecule has 0 amide bonds. The minimum absolute atomic E-state index is 0.0196. The Balaban J connectivity index is 2.99. The van der Waals surface area contributed by atoms with Crippen molar-refractivity contribution < 1.29 is 18.7 Å². The first-order chi connectivity index (χ1) is 6.20. The highest BCUT2D eigenvalue weighted by molar-refractivity contribution is 5.76. The van der Waals surface area contributed by atoms with Gasteiger partial charge in [0.05, 0.1) is 0 Å². The number of allylic oxidation sites excluding steroid dienone is 2. The van der Waals surface area contributed by atoms with E-state index in [0.717, 1.165) is 0 Å². The standard InChI is InChI=1S/C9H11FO3/c1-12-9(13-2)5-3-4-7(6-11)8(9)10/h3-6,8H,1-2H3. The number of hydrogen-bond donors (Lipinski definition) is 0. The van der Waals surface area contributed by atoms with Gasteiger partial charge in [-0.15, -0.1) is 0 Å². The zero-order valence-corrected chi connectivity index (χ0v) is 7.49. The molecule has 1 aliphatic carbocycles. The molecule has 0 N–H and O–H groups in total. The van der Waals surface area contributed by atoms with Gasteiger partial charge in [-0.2, -0.15) is 0 Å². The van der Waals surface area contributed by atoms with Crippen LogP contribution in [0.4, 0.5) is 4.39 Å². The number of aldehydes is 1. The van der Waals surface area contributed by atoms with Gasteiger partial charge in [0, 0.05) is 19.8 Å². The Labute approximate surface area is 75.8 Å². The molecule has 0 aromatic heterocycles. The van der Waals surface area contributed by atoms with Gasteiger partial charge in [0.15, 0.2) is 6.17 Å². The lowest BCUT2D eigenvalue weighted by Crippen LogP contribution is -2.44. The fourth-order valence-corrected chi connectivity index (χ4v) is 1.22. The minimum atomic E-state index is -1.58. The lowest BCUT2D eigenvalue weighted by Gasteiger charge is -2.32. The summed E-state index contributed by atoms with van der Waals surface area (Å²) in [5.74, 6) is -1.45. The summed E-state index contributed by atoms with van der Waals surface area (Å²) in [6.45, 7) is 0. The molecular weight excluding hydrogens is 175 g/mol. The lowest BCUT2D eigenvalue weighted by atomic mass is 9.98. The van der Waals surface area contributed by atoms with Gasteiger partial charge in [-0.25, -0.2) is 4.39 Å². The molecule has 1 aliphatic rings. The van der Waals surface area contributed by atoms with E-state index in [0.29, 0.717) is 6.29 Å². The van der Waals surface area contributed by atoms with E-state index in [1.165, 1.54) is 32.4 Å². The number of rotatable bonds is 3. The van der Waals surface area contributed by atoms with Gasteiger partial charge in [0.25, 0.3) is 0 Å². The number of carbonyl (C=O) groups is 1. The third kappa shape index (κ3) is 1.55. The van der Waals surface area contributed by atoms with Crippen molar-refractivity contribution >= 4 is 6.29 Å². The number of methoxy groups -OCH3 is 2. The molecule has 1 unspecified atom stereocenters. The summed E-state index contributed by atoms with van der Waals surface area (Å²) in [6, 6.07) is 0. The topological polar surface area (TPSA) is 35.5 Å². The molecule has 3 nitrogen and oxygen atoms in total. The van der Waals surface area contributed by atoms with E-state index in [1.807, 2.05) is 0 Å². The number of hydrogen-bond acceptors (Lipinski definition) is 3. The Hall–Kier alpha value is -1.00. The van der Waals surface area contributed by atoms with Gasteiger partial charge < -0.3 is 9.47 Å². The first kappa shape index (κ1) is 10.1. The fraction of sp³-hybridized carbons (Fsp3) is 0.444. The van der Waals surface area contributed by atoms with Gasteiger partial charge in [-0.1, -0.05) is 12.2 Å². The number of alkyl halides is 1. The summed E-state index contributed by atoms with van der Waals surface area (Å²) in [5, 5.41) is 0. The minimum Gasteiger partial charge on any atom is -0.347 e. The summed E-state index contributed by atoms with van der Waals surface area (Å²) in [6.07, 6.45) is 3.25. The molecule has 0 aromatic carbocycles. The maximum absolute atomic E-state index is 13.6. The van der Waals surface area contributed by atoms with E-state index in [2.05, 4.69) is 0 Å². The van der Waals surface area contributed by atoms with E-state index in [1.54, 1.807) is 0 Å². The molecule has 72 valence electrons. The van der Waals surface area contributed by atoms with Crippen molar-refractivity contribution in [3.05, 3.63) is 23.8 Å². The molecule has 1 rings (SSSR count). The maximum atomic E-state index is 13.6. The van der Waals surface area contributed by atoms with Crippen LogP contribution in [-0.4, -0.2) is 32.5 Å². The van der Waals surface area contributed by atoms with E-state index < -0.39 is 12.0 Å². The fourth-order valence-electron chi connectivity index (χ4n) is 1.22. The van der Waals surface area contributed by atoms with Crippen LogP contribution >= 0.6 is 0 Å². The Morgan fingerprint density at radius 1 is 1.54 bits per heavy atom. The van der Waals surface area contributed by atoms with Crippen LogP contribution < -0.4 is 0 Å². The molecule has 0 aromatic rings. The highest BCUT2D eigenvalue weighted by Crippen LogP contribution is 2.29. The lowest BCUT2D eigenvalue weighted by molar-refractivity contribution is -0.200. The first-order valence-corrected chi connectivity index (χ1v) is 3.79. The molecule has 0 aliphatic heterocycles. The van der Waals surface area contributed by atoms with Crippen molar-refractivity contribution in [1.29, 1.82) is 0 Å². The Morgan fingerprint density at radius 3 is 2.62 bits per heavy atom. The summed E-state index contributed by atoms with van der Waals surface area (Å²) < 4.78 is 23.3. The van der Waals surface area contributed by atoms with E-state index in [9.17, 15) is 9.18 Å². The van der Waals surface area contributed by atoms with Crippen LogP contribution in [-0.2, 0) is 14.3 Å². The highest BCUT2D eigenvalue weighted by atomic mass is 19.1. The molecule has 0 saturated carbocycles. The van der Waals surface area contributed by atoms with Crippen molar-refractivity contribution in [3.63, 3.8) is 0 Å². The van der Waals surface area contributed by atoms with Gasteiger partial charge >= 0.3 is 0 Å². The van der Waals surface area contributed by atoms with Crippen LogP contribution in [0, 0.1) is 0 Å². The second-order valence-corrected chi connectivity index (χ2v) is 2.64. The Bertz CT molecular complexity index is 254. The van der Waals surface area contributed by atoms with Crippen molar-refractivity contribution in [3.8, 4) is 0 Å². The smallest absolute Gasteiger partial charge is 0.224 e. The van der Waals surface area contributed by atoms with Crippen molar-refractivity contribution in [2.75, 3.05) is 14.2 Å². The molecule has 0 saturated heterocycles. The highest BCUT2D eigenvalue weighted by Gasteiger charge is 2.41. The predicted octanol–water partition coefficient (Wildman–Crippen LogP) is 1.01. The summed E-state index contributed by atoms with van der Waals surface area (Å²) in [7, 11) is 2.66. The molecular formula is C9H11FO3. The van der Waals surface area contributed by atoms with Gasteiger partial charge in [-0.3, -0.25) is 4.79 Å². The van der Waals surface area contributed by atoms with Crippen LogP contribution in [0.5, 0.6) is 0 Å². The third-order valence-corrected chi connectivity index (χ3v) is 2.04. The van der Waals surface area contributed by atoms with E-state index in [4.69, 9.17) is 9.47 Å². The quantitative estimate of drug-likeness (QED) is 0.487. The summed E-state index contributed by atoms with van der Waals surface area (Å²) >= 11 is 0. The molecule has 0 fully saturated rings. The zero-order chi connectivity index (χ0) is 9.90. The molecule has 0 bridgehead atoms. The van der Waals surface area contributed by atoms with Gasteiger partial charge in [0.2, 0.25) is 5.79 Å². The van der Waals surface area contributed by atoms with E-state index in [-0.39, 0.29) is 5.57 Å². The number of ether oxygens (including phenoxy) is 2. The molecule has 1 atom stereocenters. The second kappa shape index (κ2) is 3.81. The van der Waals surface area contributed by atoms with E-state index >= 15 is 0 Å². The largest absolute Gasteiger partial charge is 0.347 e. The van der Waals surface area contributed by atoms with Crippen LogP contribution in [0.1, 0.15) is 0 Å².